The molecule has 2 aliphatic rings. The first-order chi connectivity index (χ1) is 15.0. The highest BCUT2D eigenvalue weighted by Gasteiger charge is 2.32. The Kier molecular flexibility index (Phi) is 5.17. The van der Waals surface area contributed by atoms with E-state index in [1.165, 1.54) is 38.9 Å². The summed E-state index contributed by atoms with van der Waals surface area (Å²) in [7, 11) is 0. The fourth-order valence-corrected chi connectivity index (χ4v) is 6.06. The summed E-state index contributed by atoms with van der Waals surface area (Å²) in [6, 6.07) is 21.9. The summed E-state index contributed by atoms with van der Waals surface area (Å²) in [6.07, 6.45) is 5.33. The number of carboxylic acid groups (broad SMARTS) is 1. The van der Waals surface area contributed by atoms with Gasteiger partial charge in [0.25, 0.3) is 0 Å². The predicted molar refractivity (Wildman–Crippen MR) is 126 cm³/mol. The maximum atomic E-state index is 12.0. The fourth-order valence-electron chi connectivity index (χ4n) is 6.06. The van der Waals surface area contributed by atoms with E-state index in [1.807, 2.05) is 0 Å². The highest BCUT2D eigenvalue weighted by Crippen LogP contribution is 2.48. The van der Waals surface area contributed by atoms with Gasteiger partial charge in [-0.1, -0.05) is 79.1 Å². The van der Waals surface area contributed by atoms with E-state index in [1.54, 1.807) is 0 Å². The molecule has 1 saturated carbocycles. The van der Waals surface area contributed by atoms with Crippen LogP contribution < -0.4 is 0 Å². The lowest BCUT2D eigenvalue weighted by Gasteiger charge is -2.20. The Bertz CT molecular complexity index is 1120. The molecule has 0 amide bonds. The molecule has 1 fully saturated rings. The van der Waals surface area contributed by atoms with E-state index in [0.29, 0.717) is 5.92 Å². The van der Waals surface area contributed by atoms with Crippen molar-refractivity contribution < 1.29 is 9.90 Å². The molecule has 2 heteroatoms. The van der Waals surface area contributed by atoms with Crippen LogP contribution in [0.2, 0.25) is 0 Å². The monoisotopic (exact) mass is 410 g/mol. The Labute approximate surface area is 185 Å². The third kappa shape index (κ3) is 3.59. The van der Waals surface area contributed by atoms with E-state index < -0.39 is 5.97 Å². The Morgan fingerprint density at radius 1 is 0.968 bits per heavy atom. The van der Waals surface area contributed by atoms with Crippen LogP contribution in [0.3, 0.4) is 0 Å². The zero-order valence-corrected chi connectivity index (χ0v) is 18.4. The molecule has 31 heavy (non-hydrogen) atoms. The van der Waals surface area contributed by atoms with Gasteiger partial charge in [0.15, 0.2) is 0 Å². The van der Waals surface area contributed by atoms with Crippen molar-refractivity contribution in [3.05, 3.63) is 94.0 Å². The van der Waals surface area contributed by atoms with Gasteiger partial charge in [-0.05, 0) is 78.0 Å². The van der Waals surface area contributed by atoms with Gasteiger partial charge >= 0.3 is 5.97 Å². The van der Waals surface area contributed by atoms with Gasteiger partial charge in [-0.2, -0.15) is 0 Å². The van der Waals surface area contributed by atoms with Gasteiger partial charge < -0.3 is 5.11 Å². The number of aliphatic carboxylic acids is 1. The highest BCUT2D eigenvalue weighted by molar-refractivity contribution is 5.82. The Hall–Kier alpha value is -2.87. The minimum absolute atomic E-state index is 0.280. The van der Waals surface area contributed by atoms with Crippen LogP contribution in [-0.2, 0) is 11.2 Å². The lowest BCUT2D eigenvalue weighted by atomic mass is 9.83. The third-order valence-corrected chi connectivity index (χ3v) is 7.41. The first-order valence-corrected chi connectivity index (χ1v) is 11.5. The van der Waals surface area contributed by atoms with Gasteiger partial charge in [0.2, 0.25) is 0 Å². The van der Waals surface area contributed by atoms with Crippen LogP contribution in [0.15, 0.2) is 60.7 Å². The van der Waals surface area contributed by atoms with Crippen LogP contribution in [0.1, 0.15) is 70.9 Å². The van der Waals surface area contributed by atoms with Gasteiger partial charge in [0.1, 0.15) is 0 Å². The highest BCUT2D eigenvalue weighted by atomic mass is 16.4. The predicted octanol–water partition coefficient (Wildman–Crippen LogP) is 7.02. The number of hydrogen-bond donors (Lipinski definition) is 1. The van der Waals surface area contributed by atoms with Crippen molar-refractivity contribution in [3.8, 4) is 11.1 Å². The SMILES string of the molecule is Cc1cc(C)c2c(c1)C(Cc1ccc(C(C(=O)O)C3CCCC3)cc1)c1ccccc1-2. The number of benzene rings is 3. The number of carbonyl (C=O) groups is 1. The number of rotatable bonds is 5. The zero-order chi connectivity index (χ0) is 21.5. The minimum atomic E-state index is -0.677. The van der Waals surface area contributed by atoms with E-state index in [0.717, 1.165) is 37.7 Å². The average Bonchev–Trinajstić information content (AvgIpc) is 3.36. The topological polar surface area (TPSA) is 37.3 Å². The maximum Gasteiger partial charge on any atom is 0.311 e. The molecule has 0 saturated heterocycles. The van der Waals surface area contributed by atoms with E-state index in [-0.39, 0.29) is 11.8 Å². The molecule has 2 aliphatic carbocycles. The van der Waals surface area contributed by atoms with Crippen LogP contribution in [-0.4, -0.2) is 11.1 Å². The number of hydrogen-bond acceptors (Lipinski definition) is 1. The van der Waals surface area contributed by atoms with Crippen LogP contribution >= 0.6 is 0 Å². The second-order valence-electron chi connectivity index (χ2n) is 9.49. The largest absolute Gasteiger partial charge is 0.481 e. The summed E-state index contributed by atoms with van der Waals surface area (Å²) >= 11 is 0. The second-order valence-corrected chi connectivity index (χ2v) is 9.49. The summed E-state index contributed by atoms with van der Waals surface area (Å²) in [5, 5.41) is 9.86. The summed E-state index contributed by atoms with van der Waals surface area (Å²) in [4.78, 5) is 12.0. The smallest absolute Gasteiger partial charge is 0.311 e. The number of fused-ring (bicyclic) bond motifs is 3. The molecule has 0 bridgehead atoms. The Morgan fingerprint density at radius 2 is 1.68 bits per heavy atom. The minimum Gasteiger partial charge on any atom is -0.481 e. The molecule has 5 rings (SSSR count). The van der Waals surface area contributed by atoms with E-state index in [9.17, 15) is 9.90 Å². The summed E-state index contributed by atoms with van der Waals surface area (Å²) in [5.41, 5.74) is 10.5. The lowest BCUT2D eigenvalue weighted by molar-refractivity contribution is -0.140. The molecule has 0 heterocycles. The Balaban J connectivity index is 1.46. The van der Waals surface area contributed by atoms with Crippen LogP contribution in [0.4, 0.5) is 0 Å². The quantitative estimate of drug-likeness (QED) is 0.491. The van der Waals surface area contributed by atoms with Gasteiger partial charge in [-0.3, -0.25) is 4.79 Å². The molecular formula is C29H30O2. The van der Waals surface area contributed by atoms with E-state index in [2.05, 4.69) is 74.5 Å². The first-order valence-electron chi connectivity index (χ1n) is 11.5. The van der Waals surface area contributed by atoms with Gasteiger partial charge in [-0.25, -0.2) is 0 Å². The molecule has 2 nitrogen and oxygen atoms in total. The third-order valence-electron chi connectivity index (χ3n) is 7.41. The van der Waals surface area contributed by atoms with Crippen molar-refractivity contribution in [1.82, 2.24) is 0 Å². The van der Waals surface area contributed by atoms with Gasteiger partial charge in [0, 0.05) is 5.92 Å². The lowest BCUT2D eigenvalue weighted by Crippen LogP contribution is -2.19. The number of aryl methyl sites for hydroxylation is 2. The normalized spacial score (nSPS) is 18.6. The standard InChI is InChI=1S/C29H30O2/c1-18-15-19(2)27-24-10-6-5-9-23(24)25(26(27)16-18)17-20-11-13-22(14-12-20)28(29(30)31)21-7-3-4-8-21/h5-6,9-16,21,25,28H,3-4,7-8,17H2,1-2H3,(H,30,31). The molecule has 0 aliphatic heterocycles. The first kappa shape index (κ1) is 20.1. The molecule has 0 radical (unpaired) electrons. The van der Waals surface area contributed by atoms with Crippen molar-refractivity contribution in [1.29, 1.82) is 0 Å². The maximum absolute atomic E-state index is 12.0. The number of carboxylic acids is 1. The van der Waals surface area contributed by atoms with Crippen molar-refractivity contribution in [2.45, 2.75) is 57.8 Å². The molecule has 2 unspecified atom stereocenters. The van der Waals surface area contributed by atoms with Crippen LogP contribution in [0, 0.1) is 19.8 Å². The molecule has 158 valence electrons. The summed E-state index contributed by atoms with van der Waals surface area (Å²) in [5.74, 6) is -0.414. The molecule has 2 atom stereocenters. The molecular weight excluding hydrogens is 380 g/mol. The summed E-state index contributed by atoms with van der Waals surface area (Å²) in [6.45, 7) is 4.39. The van der Waals surface area contributed by atoms with Gasteiger partial charge in [-0.15, -0.1) is 0 Å². The molecule has 0 spiro atoms. The zero-order valence-electron chi connectivity index (χ0n) is 18.4. The molecule has 1 N–H and O–H groups in total. The fraction of sp³-hybridized carbons (Fsp3) is 0.345. The summed E-state index contributed by atoms with van der Waals surface area (Å²) < 4.78 is 0. The van der Waals surface area contributed by atoms with Crippen molar-refractivity contribution >= 4 is 5.97 Å². The second kappa shape index (κ2) is 8.00. The molecule has 3 aromatic rings. The van der Waals surface area contributed by atoms with E-state index >= 15 is 0 Å². The van der Waals surface area contributed by atoms with E-state index in [4.69, 9.17) is 0 Å². The van der Waals surface area contributed by atoms with Crippen molar-refractivity contribution in [2.24, 2.45) is 5.92 Å². The van der Waals surface area contributed by atoms with Crippen LogP contribution in [0.25, 0.3) is 11.1 Å². The molecule has 3 aromatic carbocycles. The Morgan fingerprint density at radius 3 is 2.39 bits per heavy atom. The van der Waals surface area contributed by atoms with Crippen molar-refractivity contribution in [2.75, 3.05) is 0 Å². The molecule has 0 aromatic heterocycles. The van der Waals surface area contributed by atoms with Crippen molar-refractivity contribution in [3.63, 3.8) is 0 Å². The average molecular weight is 411 g/mol. The van der Waals surface area contributed by atoms with Gasteiger partial charge in [0.05, 0.1) is 5.92 Å². The van der Waals surface area contributed by atoms with Crippen LogP contribution in [0.5, 0.6) is 0 Å².